The summed E-state index contributed by atoms with van der Waals surface area (Å²) in [4.78, 5) is 17.7. The molecule has 0 radical (unpaired) electrons. The third-order valence-electron chi connectivity index (χ3n) is 4.27. The number of hydrogen-bond donors (Lipinski definition) is 1. The summed E-state index contributed by atoms with van der Waals surface area (Å²) in [6.45, 7) is 1.47. The highest BCUT2D eigenvalue weighted by Crippen LogP contribution is 2.21. The Morgan fingerprint density at radius 1 is 1.04 bits per heavy atom. The molecule has 2 aliphatic rings. The molecule has 4 heteroatoms. The van der Waals surface area contributed by atoms with E-state index in [1.807, 2.05) is 24.3 Å². The molecule has 1 aliphatic heterocycles. The maximum atomic E-state index is 11.9. The number of carbonyl (C=O) groups excluding carboxylic acids is 1. The number of nitrogens with zero attached hydrogens (tertiary/aromatic N) is 2. The Morgan fingerprint density at radius 3 is 2.50 bits per heavy atom. The van der Waals surface area contributed by atoms with E-state index < -0.39 is 0 Å². The first-order valence-corrected chi connectivity index (χ1v) is 8.45. The van der Waals surface area contributed by atoms with Gasteiger partial charge in [0.1, 0.15) is 6.54 Å². The van der Waals surface area contributed by atoms with Crippen LogP contribution < -0.4 is 10.6 Å². The van der Waals surface area contributed by atoms with E-state index in [9.17, 15) is 4.79 Å². The summed E-state index contributed by atoms with van der Waals surface area (Å²) < 4.78 is 0. The number of benzodiazepines with no additional fused rings is 1. The zero-order chi connectivity index (χ0) is 16.8. The third kappa shape index (κ3) is 3.89. The summed E-state index contributed by atoms with van der Waals surface area (Å²) >= 11 is 0. The standard InChI is InChI=1S/C12H15N3O.C8H8/c13-6-3-7-15-11-5-2-1-4-10(11)8-14-9-12(15)16;1-2-7-4-5-8(3-1)6-7/h1-2,4-5,8H,3,6-7,9,13H2;1-3,6H,4-5H2. The third-order valence-corrected chi connectivity index (χ3v) is 4.27. The zero-order valence-corrected chi connectivity index (χ0v) is 13.8. The molecule has 24 heavy (non-hydrogen) atoms. The molecule has 0 saturated heterocycles. The first kappa shape index (κ1) is 16.4. The van der Waals surface area contributed by atoms with Gasteiger partial charge in [-0.05, 0) is 43.0 Å². The van der Waals surface area contributed by atoms with E-state index >= 15 is 0 Å². The highest BCUT2D eigenvalue weighted by atomic mass is 16.2. The monoisotopic (exact) mass is 321 g/mol. The fourth-order valence-electron chi connectivity index (χ4n) is 3.01. The molecule has 1 aliphatic carbocycles. The largest absolute Gasteiger partial charge is 0.330 e. The molecule has 4 nitrogen and oxygen atoms in total. The van der Waals surface area contributed by atoms with Crippen LogP contribution in [0.1, 0.15) is 23.1 Å². The van der Waals surface area contributed by atoms with Crippen molar-refractivity contribution in [2.45, 2.75) is 19.3 Å². The lowest BCUT2D eigenvalue weighted by molar-refractivity contribution is -0.117. The molecule has 124 valence electrons. The Labute approximate surface area is 143 Å². The number of amides is 1. The summed E-state index contributed by atoms with van der Waals surface area (Å²) in [5.74, 6) is 0.0367. The molecule has 0 atom stereocenters. The van der Waals surface area contributed by atoms with Crippen LogP contribution in [-0.2, 0) is 17.6 Å². The number of aliphatic imine (C=N–C) groups is 1. The smallest absolute Gasteiger partial charge is 0.248 e. The summed E-state index contributed by atoms with van der Waals surface area (Å²) in [6.07, 6.45) is 5.10. The van der Waals surface area contributed by atoms with Gasteiger partial charge in [-0.1, -0.05) is 42.5 Å². The van der Waals surface area contributed by atoms with Crippen LogP contribution in [0.4, 0.5) is 5.69 Å². The van der Waals surface area contributed by atoms with Crippen molar-refractivity contribution in [1.82, 2.24) is 0 Å². The van der Waals surface area contributed by atoms with Crippen LogP contribution >= 0.6 is 0 Å². The molecular formula is C20H23N3O. The van der Waals surface area contributed by atoms with E-state index in [-0.39, 0.29) is 12.5 Å². The average Bonchev–Trinajstić information content (AvgIpc) is 2.85. The average molecular weight is 321 g/mol. The molecule has 2 aromatic rings. The van der Waals surface area contributed by atoms with Gasteiger partial charge in [-0.25, -0.2) is 0 Å². The van der Waals surface area contributed by atoms with Crippen molar-refractivity contribution in [1.29, 1.82) is 0 Å². The fraction of sp³-hybridized carbons (Fsp3) is 0.300. The van der Waals surface area contributed by atoms with Crippen LogP contribution in [0.3, 0.4) is 0 Å². The van der Waals surface area contributed by atoms with Crippen molar-refractivity contribution in [3.63, 3.8) is 0 Å². The number of hydrogen-bond acceptors (Lipinski definition) is 3. The van der Waals surface area contributed by atoms with Gasteiger partial charge in [-0.3, -0.25) is 9.79 Å². The number of nitrogens with two attached hydrogens (primary N) is 1. The maximum absolute atomic E-state index is 11.9. The molecule has 0 spiro atoms. The Bertz CT molecular complexity index is 720. The van der Waals surface area contributed by atoms with Gasteiger partial charge in [-0.15, -0.1) is 0 Å². The van der Waals surface area contributed by atoms with E-state index in [0.29, 0.717) is 13.1 Å². The summed E-state index contributed by atoms with van der Waals surface area (Å²) in [5.41, 5.74) is 10.4. The predicted octanol–water partition coefficient (Wildman–Crippen LogP) is 2.59. The van der Waals surface area contributed by atoms with Gasteiger partial charge in [0.05, 0.1) is 5.69 Å². The van der Waals surface area contributed by atoms with Crippen molar-refractivity contribution in [3.05, 3.63) is 65.2 Å². The summed E-state index contributed by atoms with van der Waals surface area (Å²) in [6, 6.07) is 16.6. The number of benzene rings is 2. The van der Waals surface area contributed by atoms with Gasteiger partial charge in [0.15, 0.2) is 0 Å². The lowest BCUT2D eigenvalue weighted by Gasteiger charge is -2.22. The lowest BCUT2D eigenvalue weighted by Crippen LogP contribution is -2.34. The number of aryl methyl sites for hydroxylation is 2. The Morgan fingerprint density at radius 2 is 1.79 bits per heavy atom. The molecule has 2 aromatic carbocycles. The summed E-state index contributed by atoms with van der Waals surface area (Å²) in [7, 11) is 0. The van der Waals surface area contributed by atoms with Gasteiger partial charge >= 0.3 is 0 Å². The second-order valence-corrected chi connectivity index (χ2v) is 6.04. The predicted molar refractivity (Wildman–Crippen MR) is 98.8 cm³/mol. The minimum Gasteiger partial charge on any atom is -0.330 e. The second kappa shape index (κ2) is 7.88. The van der Waals surface area contributed by atoms with Crippen LogP contribution in [0.5, 0.6) is 0 Å². The molecule has 0 unspecified atom stereocenters. The number of rotatable bonds is 3. The number of fused-ring (bicyclic) bond motifs is 3. The highest BCUT2D eigenvalue weighted by Gasteiger charge is 2.19. The topological polar surface area (TPSA) is 58.7 Å². The zero-order valence-electron chi connectivity index (χ0n) is 13.8. The maximum Gasteiger partial charge on any atom is 0.248 e. The molecule has 0 aromatic heterocycles. The van der Waals surface area contributed by atoms with E-state index in [2.05, 4.69) is 29.3 Å². The van der Waals surface area contributed by atoms with Crippen LogP contribution in [0, 0.1) is 0 Å². The number of anilines is 1. The van der Waals surface area contributed by atoms with Gasteiger partial charge in [0.2, 0.25) is 5.91 Å². The summed E-state index contributed by atoms with van der Waals surface area (Å²) in [5, 5.41) is 0. The number of carbonyl (C=O) groups is 1. The Kier molecular flexibility index (Phi) is 5.39. The van der Waals surface area contributed by atoms with Gasteiger partial charge < -0.3 is 10.6 Å². The van der Waals surface area contributed by atoms with E-state index in [1.54, 1.807) is 11.1 Å². The normalized spacial score (nSPS) is 14.7. The van der Waals surface area contributed by atoms with Crippen LogP contribution in [0.25, 0.3) is 0 Å². The highest BCUT2D eigenvalue weighted by molar-refractivity contribution is 6.03. The second-order valence-electron chi connectivity index (χ2n) is 6.04. The molecular weight excluding hydrogens is 298 g/mol. The molecule has 1 amide bonds. The van der Waals surface area contributed by atoms with Crippen molar-refractivity contribution >= 4 is 17.8 Å². The molecule has 0 saturated carbocycles. The minimum atomic E-state index is 0.0367. The van der Waals surface area contributed by atoms with Crippen molar-refractivity contribution < 1.29 is 4.79 Å². The first-order chi connectivity index (χ1) is 11.8. The SMILES string of the molecule is NCCCN1C(=O)CN=Cc2ccccc21.c1cc2cc(c1)CC2. The quantitative estimate of drug-likeness (QED) is 0.944. The van der Waals surface area contributed by atoms with Crippen molar-refractivity contribution in [2.24, 2.45) is 10.7 Å². The number of para-hydroxylation sites is 1. The van der Waals surface area contributed by atoms with Gasteiger partial charge in [-0.2, -0.15) is 0 Å². The fourth-order valence-corrected chi connectivity index (χ4v) is 3.01. The van der Waals surface area contributed by atoms with Crippen molar-refractivity contribution in [2.75, 3.05) is 24.5 Å². The molecule has 2 bridgehead atoms. The molecule has 1 heterocycles. The van der Waals surface area contributed by atoms with Crippen molar-refractivity contribution in [3.8, 4) is 0 Å². The Hall–Kier alpha value is -2.46. The molecule has 2 N–H and O–H groups in total. The molecule has 4 rings (SSSR count). The molecule has 0 fully saturated rings. The van der Waals surface area contributed by atoms with E-state index in [1.165, 1.54) is 24.0 Å². The van der Waals surface area contributed by atoms with Gasteiger partial charge in [0.25, 0.3) is 0 Å². The minimum absolute atomic E-state index is 0.0367. The lowest BCUT2D eigenvalue weighted by atomic mass is 10.1. The Balaban J connectivity index is 0.000000175. The first-order valence-electron chi connectivity index (χ1n) is 8.45. The van der Waals surface area contributed by atoms with E-state index in [0.717, 1.165) is 17.7 Å². The van der Waals surface area contributed by atoms with Crippen LogP contribution in [0.2, 0.25) is 0 Å². The van der Waals surface area contributed by atoms with E-state index in [4.69, 9.17) is 5.73 Å². The van der Waals surface area contributed by atoms with Gasteiger partial charge in [0, 0.05) is 18.3 Å². The van der Waals surface area contributed by atoms with Crippen LogP contribution in [-0.4, -0.2) is 31.8 Å². The van der Waals surface area contributed by atoms with Crippen LogP contribution in [0.15, 0.2) is 53.5 Å².